The topological polar surface area (TPSA) is 95.3 Å². The van der Waals surface area contributed by atoms with Gasteiger partial charge < -0.3 is 14.8 Å². The molecule has 0 radical (unpaired) electrons. The molecule has 8 nitrogen and oxygen atoms in total. The minimum Gasteiger partial charge on any atom is -0.496 e. The first-order valence-electron chi connectivity index (χ1n) is 8.87. The number of para-hydroxylation sites is 1. The van der Waals surface area contributed by atoms with Crippen molar-refractivity contribution in [2.45, 2.75) is 6.04 Å². The van der Waals surface area contributed by atoms with Crippen LogP contribution in [-0.4, -0.2) is 40.7 Å². The Hall–Kier alpha value is -3.94. The second kappa shape index (κ2) is 7.59. The second-order valence-corrected chi connectivity index (χ2v) is 6.27. The fraction of sp³-hybridized carbons (Fsp3) is 0.143. The Labute approximate surface area is 166 Å². The van der Waals surface area contributed by atoms with Gasteiger partial charge in [0, 0.05) is 11.1 Å². The lowest BCUT2D eigenvalue weighted by atomic mass is 9.89. The number of ether oxygens (including phenoxy) is 2. The Balaban J connectivity index is 1.99. The second-order valence-electron chi connectivity index (χ2n) is 6.27. The minimum absolute atomic E-state index is 0.0257. The molecule has 0 amide bonds. The monoisotopic (exact) mass is 390 g/mol. The molecule has 0 spiro atoms. The van der Waals surface area contributed by atoms with Crippen LogP contribution in [0.15, 0.2) is 72.2 Å². The Morgan fingerprint density at radius 2 is 1.76 bits per heavy atom. The lowest BCUT2D eigenvalue weighted by Gasteiger charge is -2.29. The number of nitrogens with zero attached hydrogens (tertiary/aromatic N) is 3. The van der Waals surface area contributed by atoms with Crippen LogP contribution in [0.25, 0.3) is 0 Å². The third kappa shape index (κ3) is 3.14. The van der Waals surface area contributed by atoms with Crippen LogP contribution in [0.2, 0.25) is 0 Å². The van der Waals surface area contributed by atoms with Crippen LogP contribution in [0.1, 0.15) is 22.0 Å². The van der Waals surface area contributed by atoms with Gasteiger partial charge >= 0.3 is 5.97 Å². The summed E-state index contributed by atoms with van der Waals surface area (Å²) in [6.45, 7) is 0. The van der Waals surface area contributed by atoms with Crippen molar-refractivity contribution in [3.05, 3.63) is 83.3 Å². The highest BCUT2D eigenvalue weighted by Gasteiger charge is 2.39. The Bertz CT molecular complexity index is 1100. The zero-order valence-corrected chi connectivity index (χ0v) is 15.8. The first kappa shape index (κ1) is 18.4. The highest BCUT2D eigenvalue weighted by molar-refractivity contribution is 6.15. The summed E-state index contributed by atoms with van der Waals surface area (Å²) in [6, 6.07) is 15.3. The van der Waals surface area contributed by atoms with Crippen molar-refractivity contribution in [1.29, 1.82) is 0 Å². The van der Waals surface area contributed by atoms with E-state index in [1.54, 1.807) is 42.1 Å². The van der Waals surface area contributed by atoms with E-state index in [9.17, 15) is 9.59 Å². The normalized spacial score (nSPS) is 15.3. The summed E-state index contributed by atoms with van der Waals surface area (Å²) in [7, 11) is 2.81. The molecule has 146 valence electrons. The Kier molecular flexibility index (Phi) is 4.82. The zero-order valence-electron chi connectivity index (χ0n) is 15.8. The number of carbonyl (C=O) groups excluding carboxylic acids is 2. The highest BCUT2D eigenvalue weighted by Crippen LogP contribution is 2.40. The van der Waals surface area contributed by atoms with Crippen LogP contribution in [0.4, 0.5) is 5.95 Å². The molecular weight excluding hydrogens is 372 g/mol. The van der Waals surface area contributed by atoms with Gasteiger partial charge in [-0.3, -0.25) is 4.79 Å². The third-order valence-corrected chi connectivity index (χ3v) is 4.70. The average molecular weight is 390 g/mol. The van der Waals surface area contributed by atoms with E-state index in [1.165, 1.54) is 13.4 Å². The quantitative estimate of drug-likeness (QED) is 0.528. The summed E-state index contributed by atoms with van der Waals surface area (Å²) < 4.78 is 12.0. The number of benzene rings is 2. The molecule has 8 heteroatoms. The zero-order chi connectivity index (χ0) is 20.4. The van der Waals surface area contributed by atoms with Crippen LogP contribution >= 0.6 is 0 Å². The number of allylic oxidation sites excluding steroid dienone is 1. The first-order chi connectivity index (χ1) is 14.2. The molecule has 0 bridgehead atoms. The fourth-order valence-electron chi connectivity index (χ4n) is 3.39. The van der Waals surface area contributed by atoms with Crippen molar-refractivity contribution in [1.82, 2.24) is 14.8 Å². The van der Waals surface area contributed by atoms with Gasteiger partial charge in [-0.05, 0) is 6.07 Å². The van der Waals surface area contributed by atoms with E-state index in [1.807, 2.05) is 24.3 Å². The molecule has 29 heavy (non-hydrogen) atoms. The Morgan fingerprint density at radius 1 is 1.03 bits per heavy atom. The predicted molar refractivity (Wildman–Crippen MR) is 105 cm³/mol. The van der Waals surface area contributed by atoms with Crippen molar-refractivity contribution in [3.63, 3.8) is 0 Å². The molecule has 3 aromatic rings. The van der Waals surface area contributed by atoms with Crippen LogP contribution in [0.5, 0.6) is 5.75 Å². The number of Topliss-reactive ketones (excluding diaryl/α,β-unsaturated/α-hetero) is 1. The number of nitrogens with one attached hydrogen (secondary N) is 1. The molecule has 0 aliphatic carbocycles. The number of hydrogen-bond acceptors (Lipinski definition) is 7. The van der Waals surface area contributed by atoms with E-state index in [4.69, 9.17) is 9.47 Å². The lowest BCUT2D eigenvalue weighted by Crippen LogP contribution is -2.33. The number of carbonyl (C=O) groups is 2. The number of methoxy groups -OCH3 is 2. The predicted octanol–water partition coefficient (Wildman–Crippen LogP) is 2.61. The van der Waals surface area contributed by atoms with E-state index in [2.05, 4.69) is 15.4 Å². The van der Waals surface area contributed by atoms with Crippen LogP contribution in [-0.2, 0) is 9.53 Å². The molecule has 4 rings (SSSR count). The summed E-state index contributed by atoms with van der Waals surface area (Å²) >= 11 is 0. The molecule has 0 saturated heterocycles. The van der Waals surface area contributed by atoms with Crippen LogP contribution in [0, 0.1) is 0 Å². The van der Waals surface area contributed by atoms with Gasteiger partial charge in [0.25, 0.3) is 0 Å². The van der Waals surface area contributed by atoms with Crippen molar-refractivity contribution >= 4 is 17.7 Å². The Morgan fingerprint density at radius 3 is 2.48 bits per heavy atom. The van der Waals surface area contributed by atoms with E-state index in [0.29, 0.717) is 22.8 Å². The van der Waals surface area contributed by atoms with Crippen molar-refractivity contribution in [2.75, 3.05) is 19.5 Å². The van der Waals surface area contributed by atoms with Gasteiger partial charge in [0.1, 0.15) is 23.8 Å². The number of hydrogen-bond donors (Lipinski definition) is 1. The van der Waals surface area contributed by atoms with Gasteiger partial charge in [0.2, 0.25) is 5.95 Å². The largest absolute Gasteiger partial charge is 0.496 e. The molecule has 1 atom stereocenters. The summed E-state index contributed by atoms with van der Waals surface area (Å²) in [5.74, 6) is -0.108. The highest BCUT2D eigenvalue weighted by atomic mass is 16.5. The number of ketones is 1. The molecule has 2 aromatic carbocycles. The maximum Gasteiger partial charge on any atom is 0.355 e. The average Bonchev–Trinajstić information content (AvgIpc) is 3.25. The number of anilines is 1. The van der Waals surface area contributed by atoms with Crippen LogP contribution in [0.3, 0.4) is 0 Å². The van der Waals surface area contributed by atoms with Gasteiger partial charge in [-0.25, -0.2) is 9.48 Å². The van der Waals surface area contributed by atoms with Gasteiger partial charge in [-0.15, -0.1) is 0 Å². The van der Waals surface area contributed by atoms with Gasteiger partial charge in [-0.1, -0.05) is 48.5 Å². The van der Waals surface area contributed by atoms with E-state index < -0.39 is 12.0 Å². The molecule has 1 aromatic heterocycles. The van der Waals surface area contributed by atoms with Crippen LogP contribution < -0.4 is 10.1 Å². The van der Waals surface area contributed by atoms with Crippen molar-refractivity contribution < 1.29 is 19.1 Å². The SMILES string of the molecule is COC(=O)C1=C(C(=O)c2ccccc2)[C@@H](c2ccccc2OC)n2ncnc2N1. The van der Waals surface area contributed by atoms with Gasteiger partial charge in [0.05, 0.1) is 19.8 Å². The van der Waals surface area contributed by atoms with Gasteiger partial charge in [0.15, 0.2) is 5.78 Å². The molecule has 1 N–H and O–H groups in total. The smallest absolute Gasteiger partial charge is 0.355 e. The maximum atomic E-state index is 13.5. The fourth-order valence-corrected chi connectivity index (χ4v) is 3.39. The number of aromatic nitrogens is 3. The molecule has 1 aliphatic heterocycles. The first-order valence-corrected chi connectivity index (χ1v) is 8.87. The number of rotatable bonds is 5. The van der Waals surface area contributed by atoms with E-state index >= 15 is 0 Å². The molecule has 0 fully saturated rings. The molecule has 2 heterocycles. The third-order valence-electron chi connectivity index (χ3n) is 4.70. The summed E-state index contributed by atoms with van der Waals surface area (Å²) in [5, 5.41) is 7.18. The molecule has 1 aliphatic rings. The van der Waals surface area contributed by atoms with Gasteiger partial charge in [-0.2, -0.15) is 10.1 Å². The molecule has 0 unspecified atom stereocenters. The lowest BCUT2D eigenvalue weighted by molar-refractivity contribution is -0.136. The van der Waals surface area contributed by atoms with Crippen molar-refractivity contribution in [3.8, 4) is 5.75 Å². The van der Waals surface area contributed by atoms with Crippen molar-refractivity contribution in [2.24, 2.45) is 0 Å². The minimum atomic E-state index is -0.730. The summed E-state index contributed by atoms with van der Waals surface area (Å²) in [4.78, 5) is 30.3. The molecular formula is C21H18N4O4. The standard InChI is InChI=1S/C21H18N4O4/c1-28-15-11-7-6-10-14(15)18-16(19(26)13-8-4-3-5-9-13)17(20(27)29-2)24-21-22-12-23-25(18)21/h3-12,18H,1-2H3,(H,22,23,24)/t18-/m1/s1. The molecule has 0 saturated carbocycles. The number of esters is 1. The summed E-state index contributed by atoms with van der Waals surface area (Å²) in [6.07, 6.45) is 1.36. The maximum absolute atomic E-state index is 13.5. The summed E-state index contributed by atoms with van der Waals surface area (Å²) in [5.41, 5.74) is 1.33. The van der Waals surface area contributed by atoms with E-state index in [-0.39, 0.29) is 17.1 Å². The number of fused-ring (bicyclic) bond motifs is 1. The van der Waals surface area contributed by atoms with E-state index in [0.717, 1.165) is 0 Å².